The van der Waals surface area contributed by atoms with Gasteiger partial charge in [0.2, 0.25) is 0 Å². The van der Waals surface area contributed by atoms with Crippen LogP contribution in [0.3, 0.4) is 0 Å². The molecule has 0 spiro atoms. The van der Waals surface area contributed by atoms with Gasteiger partial charge in [-0.3, -0.25) is 4.98 Å². The molecule has 1 atom stereocenters. The van der Waals surface area contributed by atoms with Crippen molar-refractivity contribution in [3.05, 3.63) is 40.7 Å². The molecule has 20 heavy (non-hydrogen) atoms. The summed E-state index contributed by atoms with van der Waals surface area (Å²) in [6, 6.07) is 5.97. The summed E-state index contributed by atoms with van der Waals surface area (Å²) in [4.78, 5) is 12.5. The Balaban J connectivity index is 2.18. The number of pyridine rings is 1. The second-order valence-electron chi connectivity index (χ2n) is 5.00. The molecule has 0 aliphatic carbocycles. The van der Waals surface area contributed by atoms with Crippen LogP contribution < -0.4 is 10.6 Å². The normalized spacial score (nSPS) is 12.4. The van der Waals surface area contributed by atoms with Gasteiger partial charge in [-0.05, 0) is 24.5 Å². The molecule has 0 aliphatic heterocycles. The molecule has 2 N–H and O–H groups in total. The molecule has 2 heterocycles. The summed E-state index contributed by atoms with van der Waals surface area (Å²) in [5.74, 6) is 0.460. The molecular formula is C15H22N4S. The van der Waals surface area contributed by atoms with E-state index in [0.717, 1.165) is 29.5 Å². The fourth-order valence-electron chi connectivity index (χ4n) is 2.04. The van der Waals surface area contributed by atoms with Crippen LogP contribution in [0.2, 0.25) is 0 Å². The van der Waals surface area contributed by atoms with Crippen molar-refractivity contribution < 1.29 is 0 Å². The van der Waals surface area contributed by atoms with Crippen LogP contribution in [0, 0.1) is 0 Å². The van der Waals surface area contributed by atoms with Crippen molar-refractivity contribution in [2.45, 2.75) is 39.3 Å². The van der Waals surface area contributed by atoms with Crippen LogP contribution in [-0.2, 0) is 13.1 Å². The lowest BCUT2D eigenvalue weighted by Crippen LogP contribution is -2.17. The zero-order valence-corrected chi connectivity index (χ0v) is 13.2. The van der Waals surface area contributed by atoms with E-state index < -0.39 is 0 Å². The predicted octanol–water partition coefficient (Wildman–Crippen LogP) is 3.15. The number of hydrogen-bond acceptors (Lipinski definition) is 5. The highest BCUT2D eigenvalue weighted by molar-refractivity contribution is 7.15. The van der Waals surface area contributed by atoms with Crippen molar-refractivity contribution in [1.82, 2.24) is 9.97 Å². The lowest BCUT2D eigenvalue weighted by Gasteiger charge is -2.15. The number of nitrogens with two attached hydrogens (primary N) is 1. The van der Waals surface area contributed by atoms with Crippen LogP contribution in [-0.4, -0.2) is 17.0 Å². The maximum Gasteiger partial charge on any atom is 0.185 e. The molecule has 2 aromatic rings. The maximum atomic E-state index is 5.85. The summed E-state index contributed by atoms with van der Waals surface area (Å²) in [6.45, 7) is 5.71. The number of thiazole rings is 1. The van der Waals surface area contributed by atoms with Gasteiger partial charge in [0.1, 0.15) is 0 Å². The summed E-state index contributed by atoms with van der Waals surface area (Å²) in [7, 11) is 2.05. The van der Waals surface area contributed by atoms with E-state index in [1.54, 1.807) is 11.3 Å². The van der Waals surface area contributed by atoms with Gasteiger partial charge < -0.3 is 10.6 Å². The summed E-state index contributed by atoms with van der Waals surface area (Å²) >= 11 is 1.69. The standard InChI is InChI=1S/C15H22N4S/c1-4-11(2)14-13(9-16)20-15(18-14)19(3)10-12-7-5-6-8-17-12/h5-8,11H,4,9-10,16H2,1-3H3. The second-order valence-corrected chi connectivity index (χ2v) is 6.06. The highest BCUT2D eigenvalue weighted by atomic mass is 32.1. The van der Waals surface area contributed by atoms with Crippen LogP contribution in [0.1, 0.15) is 42.5 Å². The molecule has 0 bridgehead atoms. The fourth-order valence-corrected chi connectivity index (χ4v) is 3.06. The van der Waals surface area contributed by atoms with E-state index in [9.17, 15) is 0 Å². The van der Waals surface area contributed by atoms with Gasteiger partial charge in [-0.2, -0.15) is 0 Å². The van der Waals surface area contributed by atoms with Crippen molar-refractivity contribution in [3.63, 3.8) is 0 Å². The molecule has 0 aromatic carbocycles. The third kappa shape index (κ3) is 3.35. The van der Waals surface area contributed by atoms with E-state index in [2.05, 4.69) is 23.7 Å². The Bertz CT molecular complexity index is 538. The number of hydrogen-bond donors (Lipinski definition) is 1. The Morgan fingerprint density at radius 3 is 2.80 bits per heavy atom. The maximum absolute atomic E-state index is 5.85. The van der Waals surface area contributed by atoms with Crippen LogP contribution in [0.15, 0.2) is 24.4 Å². The van der Waals surface area contributed by atoms with Gasteiger partial charge in [-0.15, -0.1) is 11.3 Å². The fraction of sp³-hybridized carbons (Fsp3) is 0.467. The van der Waals surface area contributed by atoms with Gasteiger partial charge >= 0.3 is 0 Å². The molecule has 5 heteroatoms. The minimum Gasteiger partial charge on any atom is -0.345 e. The summed E-state index contributed by atoms with van der Waals surface area (Å²) < 4.78 is 0. The molecule has 0 amide bonds. The van der Waals surface area contributed by atoms with E-state index in [4.69, 9.17) is 10.7 Å². The zero-order valence-electron chi connectivity index (χ0n) is 12.3. The monoisotopic (exact) mass is 290 g/mol. The molecule has 0 radical (unpaired) electrons. The Hall–Kier alpha value is -1.46. The van der Waals surface area contributed by atoms with Crippen molar-refractivity contribution in [3.8, 4) is 0 Å². The predicted molar refractivity (Wildman–Crippen MR) is 85.1 cm³/mol. The first kappa shape index (κ1) is 14.9. The topological polar surface area (TPSA) is 55.0 Å². The van der Waals surface area contributed by atoms with Gasteiger partial charge in [0, 0.05) is 24.7 Å². The van der Waals surface area contributed by atoms with E-state index >= 15 is 0 Å². The van der Waals surface area contributed by atoms with E-state index in [-0.39, 0.29) is 0 Å². The first-order valence-corrected chi connectivity index (χ1v) is 7.78. The SMILES string of the molecule is CCC(C)c1nc(N(C)Cc2ccccn2)sc1CN. The highest BCUT2D eigenvalue weighted by Gasteiger charge is 2.17. The quantitative estimate of drug-likeness (QED) is 0.888. The average molecular weight is 290 g/mol. The molecule has 4 nitrogen and oxygen atoms in total. The summed E-state index contributed by atoms with van der Waals surface area (Å²) in [5.41, 5.74) is 8.05. The molecule has 0 saturated carbocycles. The smallest absolute Gasteiger partial charge is 0.185 e. The first-order chi connectivity index (χ1) is 9.65. The first-order valence-electron chi connectivity index (χ1n) is 6.96. The number of rotatable bonds is 6. The summed E-state index contributed by atoms with van der Waals surface area (Å²) in [6.07, 6.45) is 2.90. The highest BCUT2D eigenvalue weighted by Crippen LogP contribution is 2.31. The molecule has 0 aliphatic rings. The molecule has 2 rings (SSSR count). The largest absolute Gasteiger partial charge is 0.345 e. The van der Waals surface area contributed by atoms with Crippen molar-refractivity contribution >= 4 is 16.5 Å². The number of nitrogens with zero attached hydrogens (tertiary/aromatic N) is 3. The number of aromatic nitrogens is 2. The van der Waals surface area contributed by atoms with Gasteiger partial charge in [-0.25, -0.2) is 4.98 Å². The van der Waals surface area contributed by atoms with E-state index in [0.29, 0.717) is 12.5 Å². The minimum atomic E-state index is 0.460. The van der Waals surface area contributed by atoms with Crippen molar-refractivity contribution in [1.29, 1.82) is 0 Å². The Kier molecular flexibility index (Phi) is 5.09. The van der Waals surface area contributed by atoms with Crippen LogP contribution in [0.5, 0.6) is 0 Å². The van der Waals surface area contributed by atoms with Crippen LogP contribution in [0.25, 0.3) is 0 Å². The Labute approximate surface area is 124 Å². The van der Waals surface area contributed by atoms with Gasteiger partial charge in [0.05, 0.1) is 17.9 Å². The van der Waals surface area contributed by atoms with E-state index in [1.165, 1.54) is 4.88 Å². The summed E-state index contributed by atoms with van der Waals surface area (Å²) in [5, 5.41) is 1.02. The minimum absolute atomic E-state index is 0.460. The van der Waals surface area contributed by atoms with Gasteiger partial charge in [0.25, 0.3) is 0 Å². The molecule has 1 unspecified atom stereocenters. The third-order valence-electron chi connectivity index (χ3n) is 3.43. The number of anilines is 1. The third-order valence-corrected chi connectivity index (χ3v) is 4.64. The molecular weight excluding hydrogens is 268 g/mol. The Morgan fingerprint density at radius 2 is 2.20 bits per heavy atom. The van der Waals surface area contributed by atoms with Crippen molar-refractivity contribution in [2.75, 3.05) is 11.9 Å². The zero-order chi connectivity index (χ0) is 14.5. The Morgan fingerprint density at radius 1 is 1.40 bits per heavy atom. The molecule has 2 aromatic heterocycles. The van der Waals surface area contributed by atoms with Crippen molar-refractivity contribution in [2.24, 2.45) is 5.73 Å². The average Bonchev–Trinajstić information content (AvgIpc) is 2.92. The second kappa shape index (κ2) is 6.81. The van der Waals surface area contributed by atoms with Crippen LogP contribution >= 0.6 is 11.3 Å². The molecule has 0 fully saturated rings. The van der Waals surface area contributed by atoms with E-state index in [1.807, 2.05) is 31.4 Å². The van der Waals surface area contributed by atoms with Gasteiger partial charge in [0.15, 0.2) is 5.13 Å². The molecule has 108 valence electrons. The lowest BCUT2D eigenvalue weighted by atomic mass is 10.0. The van der Waals surface area contributed by atoms with Gasteiger partial charge in [-0.1, -0.05) is 19.9 Å². The lowest BCUT2D eigenvalue weighted by molar-refractivity contribution is 0.701. The molecule has 0 saturated heterocycles. The van der Waals surface area contributed by atoms with Crippen LogP contribution in [0.4, 0.5) is 5.13 Å².